The summed E-state index contributed by atoms with van der Waals surface area (Å²) in [4.78, 5) is 11.6. The second kappa shape index (κ2) is 6.12. The molecule has 2 aliphatic carbocycles. The van der Waals surface area contributed by atoms with Crippen molar-refractivity contribution in [1.29, 1.82) is 0 Å². The lowest BCUT2D eigenvalue weighted by molar-refractivity contribution is -0.131. The lowest BCUT2D eigenvalue weighted by Gasteiger charge is -2.56. The van der Waals surface area contributed by atoms with E-state index in [2.05, 4.69) is 46.8 Å². The van der Waals surface area contributed by atoms with Crippen LogP contribution in [0.15, 0.2) is 12.1 Å². The second-order valence-corrected chi connectivity index (χ2v) is 9.18. The van der Waals surface area contributed by atoms with Crippen molar-refractivity contribution < 1.29 is 14.6 Å². The number of esters is 1. The lowest BCUT2D eigenvalue weighted by atomic mass is 9.49. The first-order valence-electron chi connectivity index (χ1n) is 9.61. The topological polar surface area (TPSA) is 46.5 Å². The normalized spacial score (nSPS) is 30.6. The predicted molar refractivity (Wildman–Crippen MR) is 100 cm³/mol. The molecule has 0 aromatic heterocycles. The average molecular weight is 344 g/mol. The van der Waals surface area contributed by atoms with Gasteiger partial charge in [0.25, 0.3) is 0 Å². The molecular weight excluding hydrogens is 312 g/mol. The third-order valence-corrected chi connectivity index (χ3v) is 6.89. The maximum absolute atomic E-state index is 11.6. The van der Waals surface area contributed by atoms with Crippen molar-refractivity contribution in [3.8, 4) is 5.75 Å². The standard InChI is InChI=1S/C22H32O3/c1-13(2)16-11-15-7-8-19-21(4,5)20(24)9-10-22(19,6)17(15)12-18(16)25-14(3)23/h11-13,19-20,24H,7-10H2,1-6H3. The predicted octanol–water partition coefficient (Wildman–Crippen LogP) is 4.74. The van der Waals surface area contributed by atoms with Crippen molar-refractivity contribution >= 4 is 5.97 Å². The minimum atomic E-state index is -0.265. The Labute approximate surface area is 151 Å². The van der Waals surface area contributed by atoms with E-state index in [1.165, 1.54) is 18.1 Å². The first kappa shape index (κ1) is 18.4. The Morgan fingerprint density at radius 2 is 1.92 bits per heavy atom. The van der Waals surface area contributed by atoms with Crippen LogP contribution in [0.3, 0.4) is 0 Å². The largest absolute Gasteiger partial charge is 0.426 e. The molecule has 0 aliphatic heterocycles. The Morgan fingerprint density at radius 3 is 2.52 bits per heavy atom. The maximum Gasteiger partial charge on any atom is 0.308 e. The van der Waals surface area contributed by atoms with E-state index in [9.17, 15) is 9.90 Å². The van der Waals surface area contributed by atoms with E-state index < -0.39 is 0 Å². The van der Waals surface area contributed by atoms with Crippen molar-refractivity contribution in [2.45, 2.75) is 84.7 Å². The molecule has 0 amide bonds. The number of ether oxygens (including phenoxy) is 1. The Hall–Kier alpha value is -1.35. The van der Waals surface area contributed by atoms with Crippen LogP contribution in [0.5, 0.6) is 5.75 Å². The van der Waals surface area contributed by atoms with Crippen molar-refractivity contribution in [3.05, 3.63) is 28.8 Å². The molecule has 1 aromatic rings. The van der Waals surface area contributed by atoms with Crippen LogP contribution in [-0.2, 0) is 16.6 Å². The Balaban J connectivity index is 2.14. The molecule has 3 unspecified atom stereocenters. The van der Waals surface area contributed by atoms with Crippen LogP contribution in [0.2, 0.25) is 0 Å². The molecule has 0 saturated heterocycles. The molecule has 3 nitrogen and oxygen atoms in total. The van der Waals surface area contributed by atoms with Gasteiger partial charge in [0.2, 0.25) is 0 Å². The summed E-state index contributed by atoms with van der Waals surface area (Å²) < 4.78 is 5.58. The summed E-state index contributed by atoms with van der Waals surface area (Å²) in [7, 11) is 0. The molecular formula is C22H32O3. The summed E-state index contributed by atoms with van der Waals surface area (Å²) in [6.45, 7) is 12.5. The Morgan fingerprint density at radius 1 is 1.24 bits per heavy atom. The van der Waals surface area contributed by atoms with Crippen LogP contribution >= 0.6 is 0 Å². The molecule has 0 radical (unpaired) electrons. The van der Waals surface area contributed by atoms with Gasteiger partial charge in [0.05, 0.1) is 6.10 Å². The van der Waals surface area contributed by atoms with E-state index >= 15 is 0 Å². The monoisotopic (exact) mass is 344 g/mol. The van der Waals surface area contributed by atoms with Gasteiger partial charge >= 0.3 is 5.97 Å². The van der Waals surface area contributed by atoms with E-state index in [1.807, 2.05) is 0 Å². The third-order valence-electron chi connectivity index (χ3n) is 6.89. The van der Waals surface area contributed by atoms with Crippen LogP contribution in [0, 0.1) is 11.3 Å². The SMILES string of the molecule is CC(=O)Oc1cc2c(cc1C(C)C)CCC1C2(C)CCC(O)C1(C)C. The fourth-order valence-corrected chi connectivity index (χ4v) is 5.43. The molecule has 1 fully saturated rings. The lowest BCUT2D eigenvalue weighted by Crippen LogP contribution is -2.53. The van der Waals surface area contributed by atoms with Crippen LogP contribution in [-0.4, -0.2) is 17.2 Å². The second-order valence-electron chi connectivity index (χ2n) is 9.18. The fourth-order valence-electron chi connectivity index (χ4n) is 5.43. The highest BCUT2D eigenvalue weighted by molar-refractivity contribution is 5.70. The van der Waals surface area contributed by atoms with Crippen molar-refractivity contribution in [1.82, 2.24) is 0 Å². The highest BCUT2D eigenvalue weighted by Gasteiger charge is 2.53. The van der Waals surface area contributed by atoms with Crippen LogP contribution in [0.1, 0.15) is 83.4 Å². The van der Waals surface area contributed by atoms with E-state index in [0.717, 1.165) is 31.2 Å². The number of carbonyl (C=O) groups excluding carboxylic acids is 1. The van der Waals surface area contributed by atoms with Gasteiger partial charge in [-0.25, -0.2) is 0 Å². The third kappa shape index (κ3) is 2.91. The van der Waals surface area contributed by atoms with Gasteiger partial charge in [-0.15, -0.1) is 0 Å². The molecule has 25 heavy (non-hydrogen) atoms. The van der Waals surface area contributed by atoms with E-state index in [4.69, 9.17) is 4.74 Å². The van der Waals surface area contributed by atoms with Crippen molar-refractivity contribution in [2.24, 2.45) is 11.3 Å². The summed E-state index contributed by atoms with van der Waals surface area (Å²) in [5.41, 5.74) is 3.77. The average Bonchev–Trinajstić information content (AvgIpc) is 2.50. The molecule has 1 saturated carbocycles. The number of carbonyl (C=O) groups is 1. The molecule has 1 N–H and O–H groups in total. The molecule has 3 rings (SSSR count). The summed E-state index contributed by atoms with van der Waals surface area (Å²) in [6, 6.07) is 4.39. The summed E-state index contributed by atoms with van der Waals surface area (Å²) in [6.07, 6.45) is 3.71. The molecule has 2 aliphatic rings. The molecule has 0 heterocycles. The number of hydrogen-bond donors (Lipinski definition) is 1. The van der Waals surface area contributed by atoms with Gasteiger partial charge < -0.3 is 9.84 Å². The maximum atomic E-state index is 11.6. The van der Waals surface area contributed by atoms with Crippen molar-refractivity contribution in [2.75, 3.05) is 0 Å². The van der Waals surface area contributed by atoms with Crippen LogP contribution in [0.4, 0.5) is 0 Å². The number of aliphatic hydroxyl groups is 1. The quantitative estimate of drug-likeness (QED) is 0.623. The van der Waals surface area contributed by atoms with Gasteiger partial charge in [0.15, 0.2) is 0 Å². The Bertz CT molecular complexity index is 689. The zero-order valence-corrected chi connectivity index (χ0v) is 16.5. The molecule has 3 heteroatoms. The van der Waals surface area contributed by atoms with Gasteiger partial charge in [-0.2, -0.15) is 0 Å². The van der Waals surface area contributed by atoms with Gasteiger partial charge in [-0.3, -0.25) is 4.79 Å². The minimum Gasteiger partial charge on any atom is -0.426 e. The van der Waals surface area contributed by atoms with E-state index in [-0.39, 0.29) is 22.9 Å². The molecule has 0 bridgehead atoms. The number of hydrogen-bond acceptors (Lipinski definition) is 3. The van der Waals surface area contributed by atoms with Gasteiger partial charge in [0.1, 0.15) is 5.75 Å². The molecule has 1 aromatic carbocycles. The first-order valence-corrected chi connectivity index (χ1v) is 9.61. The van der Waals surface area contributed by atoms with Crippen LogP contribution in [0.25, 0.3) is 0 Å². The van der Waals surface area contributed by atoms with Crippen molar-refractivity contribution in [3.63, 3.8) is 0 Å². The number of aliphatic hydroxyl groups excluding tert-OH is 1. The first-order chi connectivity index (χ1) is 11.6. The molecule has 3 atom stereocenters. The number of fused-ring (bicyclic) bond motifs is 3. The van der Waals surface area contributed by atoms with Gasteiger partial charge in [-0.1, -0.05) is 40.7 Å². The summed E-state index contributed by atoms with van der Waals surface area (Å²) in [5, 5.41) is 10.6. The fraction of sp³-hybridized carbons (Fsp3) is 0.682. The number of rotatable bonds is 2. The zero-order valence-electron chi connectivity index (χ0n) is 16.5. The number of aryl methyl sites for hydroxylation is 1. The Kier molecular flexibility index (Phi) is 4.51. The van der Waals surface area contributed by atoms with Gasteiger partial charge in [0, 0.05) is 6.92 Å². The number of benzene rings is 1. The zero-order chi connectivity index (χ0) is 18.6. The van der Waals surface area contributed by atoms with Gasteiger partial charge in [-0.05, 0) is 71.1 Å². The van der Waals surface area contributed by atoms with E-state index in [0.29, 0.717) is 17.6 Å². The van der Waals surface area contributed by atoms with E-state index in [1.54, 1.807) is 0 Å². The molecule has 0 spiro atoms. The summed E-state index contributed by atoms with van der Waals surface area (Å²) >= 11 is 0. The highest BCUT2D eigenvalue weighted by atomic mass is 16.5. The smallest absolute Gasteiger partial charge is 0.308 e. The minimum absolute atomic E-state index is 0.0285. The molecule has 138 valence electrons. The summed E-state index contributed by atoms with van der Waals surface area (Å²) in [5.74, 6) is 1.20. The van der Waals surface area contributed by atoms with Crippen LogP contribution < -0.4 is 4.74 Å². The highest BCUT2D eigenvalue weighted by Crippen LogP contribution is 2.57.